The molecule has 0 unspecified atom stereocenters. The number of anilines is 1. The fourth-order valence-corrected chi connectivity index (χ4v) is 7.62. The van der Waals surface area contributed by atoms with Crippen LogP contribution >= 0.6 is 27.5 Å². The number of ether oxygens (including phenoxy) is 1. The third-order valence-electron chi connectivity index (χ3n) is 8.69. The molecule has 6 nitrogen and oxygen atoms in total. The largest absolute Gasteiger partial charge is 0.496 e. The molecule has 1 spiro atoms. The van der Waals surface area contributed by atoms with E-state index in [1.807, 2.05) is 65.7 Å². The SMILES string of the molecule is COc1ccc(C(=O)[C@H]2[C@H](C(=O)c3ccc(Cl)cc3)[C@]3(C(=O)Nc4ccccc43)[C@H]3c4ccccc4C=CN23)cc1Br. The summed E-state index contributed by atoms with van der Waals surface area (Å²) >= 11 is 9.68. The number of carbonyl (C=O) groups excluding carboxylic acids is 3. The summed E-state index contributed by atoms with van der Waals surface area (Å²) in [5, 5.41) is 3.55. The van der Waals surface area contributed by atoms with Gasteiger partial charge in [0.05, 0.1) is 23.5 Å². The van der Waals surface area contributed by atoms with Crippen LogP contribution in [-0.2, 0) is 10.2 Å². The topological polar surface area (TPSA) is 75.7 Å². The Balaban J connectivity index is 1.52. The molecule has 4 aromatic rings. The maximum Gasteiger partial charge on any atom is 0.238 e. The number of benzene rings is 4. The second-order valence-electron chi connectivity index (χ2n) is 10.7. The number of nitrogens with one attached hydrogen (secondary N) is 1. The van der Waals surface area contributed by atoms with Crippen LogP contribution in [0.4, 0.5) is 5.69 Å². The Kier molecular flexibility index (Phi) is 6.33. The number of methoxy groups -OCH3 is 1. The Bertz CT molecular complexity index is 1820. The minimum atomic E-state index is -1.39. The van der Waals surface area contributed by atoms with Gasteiger partial charge in [0, 0.05) is 28.0 Å². The molecule has 7 rings (SSSR count). The van der Waals surface area contributed by atoms with Gasteiger partial charge < -0.3 is 15.0 Å². The molecule has 208 valence electrons. The molecule has 3 heterocycles. The van der Waals surface area contributed by atoms with Crippen molar-refractivity contribution in [3.63, 3.8) is 0 Å². The van der Waals surface area contributed by atoms with Crippen molar-refractivity contribution >= 4 is 56.8 Å². The second-order valence-corrected chi connectivity index (χ2v) is 12.0. The standard InChI is InChI=1S/C34H24BrClN2O4/c1-42-27-15-12-21(18-25(27)35)31(40)29-28(30(39)20-10-13-22(36)14-11-20)34(24-8-4-5-9-26(24)37-33(34)41)32-23-7-3-2-6-19(23)16-17-38(29)32/h2-18,28-29,32H,1H3,(H,37,41)/t28-,29-,32-,34+/m1/s1. The van der Waals surface area contributed by atoms with E-state index in [0.717, 1.165) is 11.1 Å². The number of fused-ring (bicyclic) bond motifs is 6. The van der Waals surface area contributed by atoms with E-state index in [0.29, 0.717) is 37.6 Å². The van der Waals surface area contributed by atoms with Gasteiger partial charge in [-0.3, -0.25) is 14.4 Å². The minimum absolute atomic E-state index is 0.270. The highest BCUT2D eigenvalue weighted by Crippen LogP contribution is 2.62. The zero-order valence-corrected chi connectivity index (χ0v) is 24.7. The summed E-state index contributed by atoms with van der Waals surface area (Å²) in [4.78, 5) is 45.9. The second kappa shape index (κ2) is 9.96. The Morgan fingerprint density at radius 1 is 0.929 bits per heavy atom. The quantitative estimate of drug-likeness (QED) is 0.236. The molecule has 1 amide bonds. The zero-order valence-electron chi connectivity index (χ0n) is 22.4. The van der Waals surface area contributed by atoms with Crippen LogP contribution in [0, 0.1) is 5.92 Å². The number of amides is 1. The van der Waals surface area contributed by atoms with E-state index in [4.69, 9.17) is 16.3 Å². The van der Waals surface area contributed by atoms with Gasteiger partial charge in [-0.25, -0.2) is 0 Å². The van der Waals surface area contributed by atoms with Crippen LogP contribution in [0.2, 0.25) is 5.02 Å². The molecule has 42 heavy (non-hydrogen) atoms. The molecule has 1 N–H and O–H groups in total. The number of hydrogen-bond donors (Lipinski definition) is 1. The van der Waals surface area contributed by atoms with E-state index >= 15 is 0 Å². The van der Waals surface area contributed by atoms with Gasteiger partial charge in [-0.2, -0.15) is 0 Å². The Hall–Kier alpha value is -4.20. The molecule has 4 atom stereocenters. The number of rotatable bonds is 5. The number of nitrogens with zero attached hydrogens (tertiary/aromatic N) is 1. The van der Waals surface area contributed by atoms with Crippen LogP contribution in [0.3, 0.4) is 0 Å². The lowest BCUT2D eigenvalue weighted by atomic mass is 9.62. The van der Waals surface area contributed by atoms with E-state index in [1.165, 1.54) is 0 Å². The van der Waals surface area contributed by atoms with Gasteiger partial charge in [0.2, 0.25) is 5.91 Å². The lowest BCUT2D eigenvalue weighted by Crippen LogP contribution is -2.49. The summed E-state index contributed by atoms with van der Waals surface area (Å²) in [5.41, 5.74) is 2.55. The van der Waals surface area contributed by atoms with Gasteiger partial charge in [0.1, 0.15) is 17.2 Å². The highest BCUT2D eigenvalue weighted by atomic mass is 79.9. The first-order valence-electron chi connectivity index (χ1n) is 13.5. The van der Waals surface area contributed by atoms with E-state index in [2.05, 4.69) is 21.2 Å². The molecule has 3 aliphatic rings. The van der Waals surface area contributed by atoms with Crippen LogP contribution in [-0.4, -0.2) is 35.5 Å². The predicted molar refractivity (Wildman–Crippen MR) is 165 cm³/mol. The number of carbonyl (C=O) groups is 3. The smallest absolute Gasteiger partial charge is 0.238 e. The summed E-state index contributed by atoms with van der Waals surface area (Å²) in [7, 11) is 1.56. The molecule has 0 aliphatic carbocycles. The Labute approximate surface area is 256 Å². The molecule has 0 radical (unpaired) electrons. The van der Waals surface area contributed by atoms with Crippen LogP contribution in [0.1, 0.15) is 43.4 Å². The fraction of sp³-hybridized carbons (Fsp3) is 0.147. The van der Waals surface area contributed by atoms with Gasteiger partial charge in [-0.1, -0.05) is 54.1 Å². The lowest BCUT2D eigenvalue weighted by Gasteiger charge is -2.38. The zero-order chi connectivity index (χ0) is 29.2. The first-order chi connectivity index (χ1) is 20.4. The third-order valence-corrected chi connectivity index (χ3v) is 9.56. The van der Waals surface area contributed by atoms with Gasteiger partial charge in [0.25, 0.3) is 0 Å². The van der Waals surface area contributed by atoms with Crippen molar-refractivity contribution in [2.75, 3.05) is 12.4 Å². The van der Waals surface area contributed by atoms with Crippen LogP contribution in [0.15, 0.2) is 102 Å². The molecular formula is C34H24BrClN2O4. The van der Waals surface area contributed by atoms with Crippen molar-refractivity contribution in [1.29, 1.82) is 0 Å². The predicted octanol–water partition coefficient (Wildman–Crippen LogP) is 7.09. The van der Waals surface area contributed by atoms with Crippen LogP contribution in [0.25, 0.3) is 6.08 Å². The lowest BCUT2D eigenvalue weighted by molar-refractivity contribution is -0.122. The van der Waals surface area contributed by atoms with Crippen molar-refractivity contribution in [3.8, 4) is 5.75 Å². The van der Waals surface area contributed by atoms with Gasteiger partial charge >= 0.3 is 0 Å². The van der Waals surface area contributed by atoms with Gasteiger partial charge in [-0.15, -0.1) is 0 Å². The fourth-order valence-electron chi connectivity index (χ4n) is 6.95. The van der Waals surface area contributed by atoms with Gasteiger partial charge in [-0.05, 0) is 87.2 Å². The van der Waals surface area contributed by atoms with Crippen molar-refractivity contribution in [2.45, 2.75) is 17.5 Å². The number of para-hydroxylation sites is 1. The van der Waals surface area contributed by atoms with Crippen molar-refractivity contribution in [3.05, 3.63) is 135 Å². The summed E-state index contributed by atoms with van der Waals surface area (Å²) in [6.45, 7) is 0. The van der Waals surface area contributed by atoms with E-state index in [9.17, 15) is 14.4 Å². The average Bonchev–Trinajstić information content (AvgIpc) is 3.49. The number of hydrogen-bond acceptors (Lipinski definition) is 5. The highest BCUT2D eigenvalue weighted by Gasteiger charge is 2.70. The Morgan fingerprint density at radius 2 is 1.64 bits per heavy atom. The first-order valence-corrected chi connectivity index (χ1v) is 14.7. The minimum Gasteiger partial charge on any atom is -0.496 e. The summed E-state index contributed by atoms with van der Waals surface area (Å²) < 4.78 is 6.00. The molecule has 1 saturated heterocycles. The number of ketones is 2. The van der Waals surface area contributed by atoms with Crippen molar-refractivity contribution < 1.29 is 19.1 Å². The summed E-state index contributed by atoms with van der Waals surface area (Å²) in [6, 6.07) is 25.4. The maximum absolute atomic E-state index is 14.8. The normalized spacial score (nSPS) is 23.3. The molecule has 3 aliphatic heterocycles. The monoisotopic (exact) mass is 638 g/mol. The number of halogens is 2. The van der Waals surface area contributed by atoms with E-state index < -0.39 is 23.4 Å². The average molecular weight is 640 g/mol. The summed E-state index contributed by atoms with van der Waals surface area (Å²) in [6.07, 6.45) is 3.80. The molecule has 8 heteroatoms. The molecule has 4 aromatic carbocycles. The summed E-state index contributed by atoms with van der Waals surface area (Å²) in [5.74, 6) is -1.35. The molecular weight excluding hydrogens is 616 g/mol. The first kappa shape index (κ1) is 26.7. The molecule has 0 bridgehead atoms. The maximum atomic E-state index is 14.8. The molecule has 0 aromatic heterocycles. The number of Topliss-reactive ketones (excluding diaryl/α,β-unsaturated/α-hetero) is 2. The van der Waals surface area contributed by atoms with Gasteiger partial charge in [0.15, 0.2) is 11.6 Å². The van der Waals surface area contributed by atoms with Crippen LogP contribution < -0.4 is 10.1 Å². The van der Waals surface area contributed by atoms with Crippen LogP contribution in [0.5, 0.6) is 5.75 Å². The van der Waals surface area contributed by atoms with E-state index in [1.54, 1.807) is 49.6 Å². The highest BCUT2D eigenvalue weighted by molar-refractivity contribution is 9.10. The van der Waals surface area contributed by atoms with E-state index in [-0.39, 0.29) is 17.5 Å². The molecule has 0 saturated carbocycles. The Morgan fingerprint density at radius 3 is 2.40 bits per heavy atom. The van der Waals surface area contributed by atoms with Crippen molar-refractivity contribution in [2.24, 2.45) is 5.92 Å². The van der Waals surface area contributed by atoms with Crippen molar-refractivity contribution in [1.82, 2.24) is 4.90 Å². The molecule has 1 fully saturated rings. The third kappa shape index (κ3) is 3.73.